The zero-order chi connectivity index (χ0) is 16.2. The molecular formula is C12H11F4NO4. The van der Waals surface area contributed by atoms with Crippen LogP contribution in [0.15, 0.2) is 18.2 Å². The number of carbonyl (C=O) groups excluding carboxylic acids is 1. The number of hydrogen-bond acceptors (Lipinski definition) is 4. The predicted octanol–water partition coefficient (Wildman–Crippen LogP) is 3.41. The van der Waals surface area contributed by atoms with Gasteiger partial charge in [0, 0.05) is 18.6 Å². The molecule has 0 aliphatic rings. The van der Waals surface area contributed by atoms with E-state index in [9.17, 15) is 32.5 Å². The van der Waals surface area contributed by atoms with Crippen LogP contribution in [0, 0.1) is 15.9 Å². The lowest BCUT2D eigenvalue weighted by atomic mass is 10.1. The molecule has 0 aromatic heterocycles. The smallest absolute Gasteiger partial charge is 0.389 e. The van der Waals surface area contributed by atoms with Crippen LogP contribution >= 0.6 is 0 Å². The van der Waals surface area contributed by atoms with E-state index in [1.54, 1.807) is 0 Å². The van der Waals surface area contributed by atoms with Crippen LogP contribution in [0.1, 0.15) is 19.8 Å². The monoisotopic (exact) mass is 309 g/mol. The van der Waals surface area contributed by atoms with E-state index in [1.165, 1.54) is 0 Å². The summed E-state index contributed by atoms with van der Waals surface area (Å²) in [7, 11) is 0. The molecule has 0 aliphatic carbocycles. The van der Waals surface area contributed by atoms with Crippen LogP contribution in [0.25, 0.3) is 0 Å². The van der Waals surface area contributed by atoms with E-state index in [4.69, 9.17) is 4.74 Å². The molecule has 116 valence electrons. The summed E-state index contributed by atoms with van der Waals surface area (Å²) < 4.78 is 53.9. The Morgan fingerprint density at radius 2 is 2.05 bits per heavy atom. The summed E-state index contributed by atoms with van der Waals surface area (Å²) in [4.78, 5) is 21.3. The molecule has 0 N–H and O–H groups in total. The first-order valence-corrected chi connectivity index (χ1v) is 5.80. The van der Waals surface area contributed by atoms with Gasteiger partial charge in [-0.05, 0) is 13.0 Å². The Morgan fingerprint density at radius 3 is 2.57 bits per heavy atom. The third kappa shape index (κ3) is 5.36. The molecule has 0 spiro atoms. The Kier molecular flexibility index (Phi) is 5.23. The molecule has 1 rings (SSSR count). The molecule has 0 aliphatic heterocycles. The molecule has 0 bridgehead atoms. The van der Waals surface area contributed by atoms with Crippen LogP contribution in [-0.2, 0) is 4.79 Å². The SMILES string of the molecule is C[C@@H](Oc1cc(F)ccc1[N+](=O)[O-])C(=O)CCC(F)(F)F. The number of benzene rings is 1. The van der Waals surface area contributed by atoms with Gasteiger partial charge in [0.1, 0.15) is 5.82 Å². The van der Waals surface area contributed by atoms with Crippen LogP contribution in [0.5, 0.6) is 5.75 Å². The summed E-state index contributed by atoms with van der Waals surface area (Å²) in [6.07, 6.45) is -7.97. The maximum Gasteiger partial charge on any atom is 0.389 e. The van der Waals surface area contributed by atoms with E-state index in [0.717, 1.165) is 19.1 Å². The molecule has 1 atom stereocenters. The molecular weight excluding hydrogens is 298 g/mol. The van der Waals surface area contributed by atoms with Crippen molar-refractivity contribution in [2.75, 3.05) is 0 Å². The topological polar surface area (TPSA) is 69.4 Å². The van der Waals surface area contributed by atoms with E-state index in [2.05, 4.69) is 0 Å². The van der Waals surface area contributed by atoms with Gasteiger partial charge >= 0.3 is 11.9 Å². The number of nitro groups is 1. The molecule has 0 radical (unpaired) electrons. The highest BCUT2D eigenvalue weighted by atomic mass is 19.4. The number of ether oxygens (including phenoxy) is 1. The standard InChI is InChI=1S/C12H11F4NO4/c1-7(10(18)4-5-12(14,15)16)21-11-6-8(13)2-3-9(11)17(19)20/h2-3,6-7H,4-5H2,1H3/t7-/m1/s1. The third-order valence-corrected chi connectivity index (χ3v) is 2.53. The van der Waals surface area contributed by atoms with Crippen LogP contribution in [0.2, 0.25) is 0 Å². The van der Waals surface area contributed by atoms with Gasteiger partial charge in [-0.15, -0.1) is 0 Å². The first-order valence-electron chi connectivity index (χ1n) is 5.80. The van der Waals surface area contributed by atoms with E-state index >= 15 is 0 Å². The molecule has 0 saturated heterocycles. The van der Waals surface area contributed by atoms with Crippen molar-refractivity contribution in [3.8, 4) is 5.75 Å². The highest BCUT2D eigenvalue weighted by Crippen LogP contribution is 2.29. The van der Waals surface area contributed by atoms with Gasteiger partial charge in [0.05, 0.1) is 11.3 Å². The van der Waals surface area contributed by atoms with E-state index in [1.807, 2.05) is 0 Å². The van der Waals surface area contributed by atoms with Gasteiger partial charge in [-0.25, -0.2) is 4.39 Å². The second-order valence-corrected chi connectivity index (χ2v) is 4.21. The van der Waals surface area contributed by atoms with Gasteiger partial charge in [0.2, 0.25) is 5.75 Å². The van der Waals surface area contributed by atoms with Crippen LogP contribution in [0.4, 0.5) is 23.2 Å². The average Bonchev–Trinajstić information content (AvgIpc) is 2.34. The van der Waals surface area contributed by atoms with Crippen molar-refractivity contribution >= 4 is 11.5 Å². The Labute approximate surface area is 116 Å². The van der Waals surface area contributed by atoms with Crippen molar-refractivity contribution in [2.45, 2.75) is 32.0 Å². The Bertz CT molecular complexity index is 545. The van der Waals surface area contributed by atoms with Crippen LogP contribution < -0.4 is 4.74 Å². The van der Waals surface area contributed by atoms with Gasteiger partial charge in [0.25, 0.3) is 0 Å². The number of carbonyl (C=O) groups is 1. The normalized spacial score (nSPS) is 12.8. The molecule has 9 heteroatoms. The minimum atomic E-state index is -4.49. The largest absolute Gasteiger partial charge is 0.476 e. The second-order valence-electron chi connectivity index (χ2n) is 4.21. The summed E-state index contributed by atoms with van der Waals surface area (Å²) in [5.74, 6) is -2.22. The van der Waals surface area contributed by atoms with E-state index in [-0.39, 0.29) is 0 Å². The number of hydrogen-bond donors (Lipinski definition) is 0. The van der Waals surface area contributed by atoms with Gasteiger partial charge < -0.3 is 4.74 Å². The lowest BCUT2D eigenvalue weighted by Gasteiger charge is -2.14. The second kappa shape index (κ2) is 6.51. The number of rotatable bonds is 6. The zero-order valence-corrected chi connectivity index (χ0v) is 10.8. The van der Waals surface area contributed by atoms with Crippen LogP contribution in [-0.4, -0.2) is 23.0 Å². The maximum atomic E-state index is 13.0. The third-order valence-electron chi connectivity index (χ3n) is 2.53. The highest BCUT2D eigenvalue weighted by Gasteiger charge is 2.30. The number of halogens is 4. The molecule has 1 aromatic carbocycles. The van der Waals surface area contributed by atoms with Gasteiger partial charge in [0.15, 0.2) is 11.9 Å². The molecule has 0 fully saturated rings. The van der Waals surface area contributed by atoms with Gasteiger partial charge in [-0.1, -0.05) is 0 Å². The summed E-state index contributed by atoms with van der Waals surface area (Å²) >= 11 is 0. The lowest BCUT2D eigenvalue weighted by molar-refractivity contribution is -0.386. The van der Waals surface area contributed by atoms with E-state index in [0.29, 0.717) is 6.07 Å². The van der Waals surface area contributed by atoms with Crippen molar-refractivity contribution in [2.24, 2.45) is 0 Å². The van der Waals surface area contributed by atoms with Crippen molar-refractivity contribution in [1.29, 1.82) is 0 Å². The Balaban J connectivity index is 2.78. The lowest BCUT2D eigenvalue weighted by Crippen LogP contribution is -2.25. The number of nitro benzene ring substituents is 1. The maximum absolute atomic E-state index is 13.0. The van der Waals surface area contributed by atoms with Gasteiger partial charge in [-0.2, -0.15) is 13.2 Å². The first kappa shape index (κ1) is 16.9. The number of nitrogens with zero attached hydrogens (tertiary/aromatic N) is 1. The minimum Gasteiger partial charge on any atom is -0.476 e. The molecule has 0 saturated carbocycles. The highest BCUT2D eigenvalue weighted by molar-refractivity contribution is 5.83. The van der Waals surface area contributed by atoms with Crippen LogP contribution in [0.3, 0.4) is 0 Å². The summed E-state index contributed by atoms with van der Waals surface area (Å²) in [6.45, 7) is 1.15. The Morgan fingerprint density at radius 1 is 1.43 bits per heavy atom. The van der Waals surface area contributed by atoms with Crippen molar-refractivity contribution in [1.82, 2.24) is 0 Å². The van der Waals surface area contributed by atoms with Gasteiger partial charge in [-0.3, -0.25) is 14.9 Å². The quantitative estimate of drug-likeness (QED) is 0.459. The predicted molar refractivity (Wildman–Crippen MR) is 63.4 cm³/mol. The van der Waals surface area contributed by atoms with Crippen molar-refractivity contribution in [3.63, 3.8) is 0 Å². The fourth-order valence-corrected chi connectivity index (χ4v) is 1.46. The van der Waals surface area contributed by atoms with Crippen molar-refractivity contribution < 1.29 is 32.0 Å². The summed E-state index contributed by atoms with van der Waals surface area (Å²) in [5.41, 5.74) is -0.577. The fourth-order valence-electron chi connectivity index (χ4n) is 1.46. The van der Waals surface area contributed by atoms with E-state index < -0.39 is 53.1 Å². The number of Topliss-reactive ketones (excluding diaryl/α,β-unsaturated/α-hetero) is 1. The zero-order valence-electron chi connectivity index (χ0n) is 10.8. The molecule has 21 heavy (non-hydrogen) atoms. The minimum absolute atomic E-state index is 0.507. The fraction of sp³-hybridized carbons (Fsp3) is 0.417. The molecule has 0 unspecified atom stereocenters. The first-order chi connectivity index (χ1) is 9.60. The average molecular weight is 309 g/mol. The molecule has 0 heterocycles. The molecule has 5 nitrogen and oxygen atoms in total. The number of ketones is 1. The molecule has 0 amide bonds. The Hall–Kier alpha value is -2.19. The summed E-state index contributed by atoms with van der Waals surface area (Å²) in [5, 5.41) is 10.7. The molecule has 1 aromatic rings. The summed E-state index contributed by atoms with van der Waals surface area (Å²) in [6, 6.07) is 2.38. The van der Waals surface area contributed by atoms with Crippen molar-refractivity contribution in [3.05, 3.63) is 34.1 Å². The number of alkyl halides is 3.